The van der Waals surface area contributed by atoms with Crippen molar-refractivity contribution in [1.29, 1.82) is 0 Å². The van der Waals surface area contributed by atoms with Crippen molar-refractivity contribution in [3.05, 3.63) is 34.3 Å². The van der Waals surface area contributed by atoms with E-state index in [1.165, 1.54) is 36.5 Å². The highest BCUT2D eigenvalue weighted by Gasteiger charge is 2.11. The maximum Gasteiger partial charge on any atom is 0.261 e. The molecule has 0 bridgehead atoms. The second-order valence-corrected chi connectivity index (χ2v) is 6.20. The van der Waals surface area contributed by atoms with E-state index in [9.17, 15) is 9.59 Å². The molecule has 3 rings (SSSR count). The average molecular weight is 375 g/mol. The van der Waals surface area contributed by atoms with Gasteiger partial charge in [-0.3, -0.25) is 14.2 Å². The Morgan fingerprint density at radius 3 is 2.73 bits per heavy atom. The number of aryl methyl sites for hydroxylation is 1. The summed E-state index contributed by atoms with van der Waals surface area (Å²) in [5.41, 5.74) is 1.87. The molecule has 9 nitrogen and oxygen atoms in total. The number of carbonyl (C=O) groups is 1. The number of nitrogens with one attached hydrogen (secondary N) is 1. The molecule has 0 aliphatic rings. The first-order chi connectivity index (χ1) is 12.6. The fourth-order valence-corrected chi connectivity index (χ4v) is 2.93. The molecule has 136 valence electrons. The number of methoxy groups -OCH3 is 2. The quantitative estimate of drug-likeness (QED) is 0.669. The van der Waals surface area contributed by atoms with E-state index in [1.54, 1.807) is 17.6 Å². The minimum absolute atomic E-state index is 0.171. The summed E-state index contributed by atoms with van der Waals surface area (Å²) in [5, 5.41) is 10.9. The molecule has 1 N–H and O–H groups in total. The van der Waals surface area contributed by atoms with Crippen molar-refractivity contribution in [2.75, 3.05) is 19.5 Å². The summed E-state index contributed by atoms with van der Waals surface area (Å²) in [5.74, 6) is 0.807. The summed E-state index contributed by atoms with van der Waals surface area (Å²) >= 11 is 1.25. The first-order valence-electron chi connectivity index (χ1n) is 7.79. The standard InChI is InChI=1S/C16H17N5O4S/c1-24-12-6-10-11(7-13(12)25-2)17-8-21(15(10)23)5-3-4-14(22)19-16-20-18-9-26-16/h6-9H,3-5H2,1-2H3,(H,19,20,22). The van der Waals surface area contributed by atoms with E-state index in [-0.39, 0.29) is 17.9 Å². The van der Waals surface area contributed by atoms with Gasteiger partial charge < -0.3 is 14.8 Å². The van der Waals surface area contributed by atoms with Crippen LogP contribution < -0.4 is 20.3 Å². The molecule has 1 aromatic carbocycles. The van der Waals surface area contributed by atoms with Crippen LogP contribution in [0.4, 0.5) is 5.13 Å². The van der Waals surface area contributed by atoms with E-state index in [2.05, 4.69) is 20.5 Å². The molecule has 2 aromatic heterocycles. The lowest BCUT2D eigenvalue weighted by molar-refractivity contribution is -0.116. The summed E-state index contributed by atoms with van der Waals surface area (Å²) in [6.45, 7) is 0.375. The summed E-state index contributed by atoms with van der Waals surface area (Å²) in [6, 6.07) is 3.28. The topological polar surface area (TPSA) is 108 Å². The lowest BCUT2D eigenvalue weighted by Crippen LogP contribution is -2.22. The van der Waals surface area contributed by atoms with Crippen LogP contribution in [0, 0.1) is 0 Å². The molecule has 0 aliphatic carbocycles. The van der Waals surface area contributed by atoms with E-state index in [0.29, 0.717) is 40.5 Å². The Morgan fingerprint density at radius 2 is 2.04 bits per heavy atom. The number of hydrogen-bond acceptors (Lipinski definition) is 8. The number of aromatic nitrogens is 4. The molecule has 0 aliphatic heterocycles. The van der Waals surface area contributed by atoms with Gasteiger partial charge in [0.15, 0.2) is 11.5 Å². The Labute approximate surface area is 152 Å². The zero-order valence-electron chi connectivity index (χ0n) is 14.3. The average Bonchev–Trinajstić information content (AvgIpc) is 3.15. The minimum atomic E-state index is -0.194. The fourth-order valence-electron chi connectivity index (χ4n) is 2.46. The van der Waals surface area contributed by atoms with Crippen molar-refractivity contribution < 1.29 is 14.3 Å². The molecule has 0 unspecified atom stereocenters. The molecular weight excluding hydrogens is 358 g/mol. The molecule has 0 saturated carbocycles. The number of amides is 1. The molecule has 3 aromatic rings. The predicted molar refractivity (Wildman–Crippen MR) is 96.9 cm³/mol. The van der Waals surface area contributed by atoms with Crippen LogP contribution in [0.25, 0.3) is 10.9 Å². The summed E-state index contributed by atoms with van der Waals surface area (Å²) < 4.78 is 11.9. The van der Waals surface area contributed by atoms with Gasteiger partial charge in [0.1, 0.15) is 5.51 Å². The lowest BCUT2D eigenvalue weighted by Gasteiger charge is -2.10. The number of anilines is 1. The third-order valence-electron chi connectivity index (χ3n) is 3.74. The molecule has 2 heterocycles. The second kappa shape index (κ2) is 7.91. The van der Waals surface area contributed by atoms with Crippen LogP contribution in [0.15, 0.2) is 28.8 Å². The lowest BCUT2D eigenvalue weighted by atomic mass is 10.2. The van der Waals surface area contributed by atoms with Gasteiger partial charge >= 0.3 is 0 Å². The fraction of sp³-hybridized carbons (Fsp3) is 0.312. The maximum atomic E-state index is 12.6. The van der Waals surface area contributed by atoms with Gasteiger partial charge in [-0.1, -0.05) is 11.3 Å². The van der Waals surface area contributed by atoms with E-state index in [0.717, 1.165) is 0 Å². The van der Waals surface area contributed by atoms with Gasteiger partial charge in [0.05, 0.1) is 31.4 Å². The van der Waals surface area contributed by atoms with Crippen LogP contribution in [0.2, 0.25) is 0 Å². The molecular formula is C16H17N5O4S. The summed E-state index contributed by atoms with van der Waals surface area (Å²) in [7, 11) is 3.03. The van der Waals surface area contributed by atoms with E-state index >= 15 is 0 Å². The van der Waals surface area contributed by atoms with Gasteiger partial charge in [-0.15, -0.1) is 10.2 Å². The molecule has 0 atom stereocenters. The van der Waals surface area contributed by atoms with Crippen molar-refractivity contribution in [1.82, 2.24) is 19.7 Å². The number of hydrogen-bond donors (Lipinski definition) is 1. The third kappa shape index (κ3) is 3.80. The Kier molecular flexibility index (Phi) is 5.42. The van der Waals surface area contributed by atoms with Gasteiger partial charge in [-0.05, 0) is 12.5 Å². The van der Waals surface area contributed by atoms with Gasteiger partial charge in [0.25, 0.3) is 5.56 Å². The van der Waals surface area contributed by atoms with Crippen LogP contribution >= 0.6 is 11.3 Å². The second-order valence-electron chi connectivity index (χ2n) is 5.36. The summed E-state index contributed by atoms with van der Waals surface area (Å²) in [4.78, 5) is 28.8. The van der Waals surface area contributed by atoms with E-state index < -0.39 is 0 Å². The van der Waals surface area contributed by atoms with E-state index in [1.807, 2.05) is 0 Å². The number of rotatable bonds is 7. The predicted octanol–water partition coefficient (Wildman–Crippen LogP) is 1.68. The molecule has 0 radical (unpaired) electrons. The maximum absolute atomic E-state index is 12.6. The summed E-state index contributed by atoms with van der Waals surface area (Å²) in [6.07, 6.45) is 2.22. The Bertz CT molecular complexity index is 971. The highest BCUT2D eigenvalue weighted by atomic mass is 32.1. The Hall–Kier alpha value is -3.01. The molecule has 26 heavy (non-hydrogen) atoms. The van der Waals surface area contributed by atoms with E-state index in [4.69, 9.17) is 9.47 Å². The van der Waals surface area contributed by atoms with Gasteiger partial charge in [0.2, 0.25) is 11.0 Å². The number of fused-ring (bicyclic) bond motifs is 1. The van der Waals surface area contributed by atoms with Gasteiger partial charge in [-0.25, -0.2) is 4.98 Å². The number of ether oxygens (including phenoxy) is 2. The van der Waals surface area contributed by atoms with Crippen LogP contribution in [0.3, 0.4) is 0 Å². The Morgan fingerprint density at radius 1 is 1.27 bits per heavy atom. The first kappa shape index (κ1) is 17.8. The van der Waals surface area contributed by atoms with Gasteiger partial charge in [-0.2, -0.15) is 0 Å². The van der Waals surface area contributed by atoms with Crippen molar-refractivity contribution in [3.63, 3.8) is 0 Å². The molecule has 0 saturated heterocycles. The monoisotopic (exact) mass is 375 g/mol. The molecule has 0 spiro atoms. The number of carbonyl (C=O) groups excluding carboxylic acids is 1. The zero-order chi connectivity index (χ0) is 18.5. The van der Waals surface area contributed by atoms with Crippen LogP contribution in [0.5, 0.6) is 11.5 Å². The van der Waals surface area contributed by atoms with Crippen molar-refractivity contribution in [2.24, 2.45) is 0 Å². The zero-order valence-corrected chi connectivity index (χ0v) is 15.1. The largest absolute Gasteiger partial charge is 0.493 e. The van der Waals surface area contributed by atoms with Crippen molar-refractivity contribution in [3.8, 4) is 11.5 Å². The smallest absolute Gasteiger partial charge is 0.261 e. The minimum Gasteiger partial charge on any atom is -0.493 e. The highest BCUT2D eigenvalue weighted by Crippen LogP contribution is 2.29. The number of benzene rings is 1. The van der Waals surface area contributed by atoms with Crippen LogP contribution in [-0.2, 0) is 11.3 Å². The molecule has 10 heteroatoms. The Balaban J connectivity index is 1.71. The van der Waals surface area contributed by atoms with Crippen LogP contribution in [0.1, 0.15) is 12.8 Å². The van der Waals surface area contributed by atoms with Crippen LogP contribution in [-0.4, -0.2) is 39.9 Å². The normalized spacial score (nSPS) is 10.7. The highest BCUT2D eigenvalue weighted by molar-refractivity contribution is 7.13. The SMILES string of the molecule is COc1cc2ncn(CCCC(=O)Nc3nncs3)c(=O)c2cc1OC. The molecule has 0 fully saturated rings. The third-order valence-corrected chi connectivity index (χ3v) is 4.35. The van der Waals surface area contributed by atoms with Crippen molar-refractivity contribution in [2.45, 2.75) is 19.4 Å². The first-order valence-corrected chi connectivity index (χ1v) is 8.67. The molecule has 1 amide bonds. The number of nitrogens with zero attached hydrogens (tertiary/aromatic N) is 4. The van der Waals surface area contributed by atoms with Gasteiger partial charge in [0, 0.05) is 19.0 Å². The van der Waals surface area contributed by atoms with Crippen molar-refractivity contribution >= 4 is 33.3 Å².